The topological polar surface area (TPSA) is 77.7 Å². The predicted molar refractivity (Wildman–Crippen MR) is 83.9 cm³/mol. The van der Waals surface area contributed by atoms with E-state index in [0.29, 0.717) is 19.0 Å². The average Bonchev–Trinajstić information content (AvgIpc) is 2.45. The molecular weight excluding hydrogens is 282 g/mol. The van der Waals surface area contributed by atoms with E-state index in [-0.39, 0.29) is 18.1 Å². The van der Waals surface area contributed by atoms with Crippen LogP contribution in [0, 0.1) is 0 Å². The van der Waals surface area contributed by atoms with E-state index in [0.717, 1.165) is 12.0 Å². The van der Waals surface area contributed by atoms with E-state index in [2.05, 4.69) is 4.98 Å². The lowest BCUT2D eigenvalue weighted by molar-refractivity contribution is 0.0180. The number of nitrogens with two attached hydrogens (primary N) is 1. The monoisotopic (exact) mass is 307 g/mol. The molecule has 22 heavy (non-hydrogen) atoms. The molecule has 122 valence electrons. The molecule has 2 atom stereocenters. The number of pyridine rings is 1. The van der Waals surface area contributed by atoms with Crippen LogP contribution in [0.15, 0.2) is 18.3 Å². The summed E-state index contributed by atoms with van der Waals surface area (Å²) in [4.78, 5) is 18.2. The van der Waals surface area contributed by atoms with Crippen molar-refractivity contribution in [2.24, 2.45) is 5.73 Å². The minimum absolute atomic E-state index is 0.0617. The van der Waals surface area contributed by atoms with Gasteiger partial charge in [-0.1, -0.05) is 6.07 Å². The summed E-state index contributed by atoms with van der Waals surface area (Å²) in [6.07, 6.45) is 2.30. The molecule has 1 saturated heterocycles. The Labute approximate surface area is 131 Å². The van der Waals surface area contributed by atoms with Crippen molar-refractivity contribution >= 4 is 6.09 Å². The predicted octanol–water partition coefficient (Wildman–Crippen LogP) is 2.14. The van der Waals surface area contributed by atoms with Crippen LogP contribution in [-0.4, -0.2) is 47.8 Å². The maximum atomic E-state index is 12.2. The van der Waals surface area contributed by atoms with Gasteiger partial charge < -0.3 is 20.1 Å². The zero-order valence-corrected chi connectivity index (χ0v) is 13.7. The Morgan fingerprint density at radius 3 is 2.64 bits per heavy atom. The Balaban J connectivity index is 2.08. The van der Waals surface area contributed by atoms with E-state index in [9.17, 15) is 4.79 Å². The fraction of sp³-hybridized carbons (Fsp3) is 0.625. The molecule has 1 aromatic rings. The molecule has 2 heterocycles. The van der Waals surface area contributed by atoms with Gasteiger partial charge in [0.05, 0.1) is 7.11 Å². The van der Waals surface area contributed by atoms with Gasteiger partial charge in [0.25, 0.3) is 0 Å². The number of hydrogen-bond acceptors (Lipinski definition) is 5. The first-order valence-electron chi connectivity index (χ1n) is 7.52. The first kappa shape index (κ1) is 16.5. The van der Waals surface area contributed by atoms with Crippen LogP contribution >= 0.6 is 0 Å². The number of amides is 1. The zero-order valence-electron chi connectivity index (χ0n) is 13.7. The summed E-state index contributed by atoms with van der Waals surface area (Å²) < 4.78 is 10.5. The van der Waals surface area contributed by atoms with Crippen LogP contribution in [0.4, 0.5) is 4.79 Å². The van der Waals surface area contributed by atoms with Crippen LogP contribution in [-0.2, 0) is 4.74 Å². The van der Waals surface area contributed by atoms with Crippen molar-refractivity contribution in [2.75, 3.05) is 20.2 Å². The molecule has 0 aromatic carbocycles. The van der Waals surface area contributed by atoms with Crippen LogP contribution in [0.1, 0.15) is 38.7 Å². The summed E-state index contributed by atoms with van der Waals surface area (Å²) in [7, 11) is 1.59. The van der Waals surface area contributed by atoms with Gasteiger partial charge in [0.15, 0.2) is 0 Å². The molecule has 0 bridgehead atoms. The number of rotatable bonds is 2. The van der Waals surface area contributed by atoms with Crippen LogP contribution in [0.3, 0.4) is 0 Å². The number of nitrogens with zero attached hydrogens (tertiary/aromatic N) is 2. The first-order chi connectivity index (χ1) is 10.3. The van der Waals surface area contributed by atoms with Crippen LogP contribution in [0.2, 0.25) is 0 Å². The summed E-state index contributed by atoms with van der Waals surface area (Å²) in [5.41, 5.74) is 6.67. The van der Waals surface area contributed by atoms with Crippen molar-refractivity contribution in [2.45, 2.75) is 44.8 Å². The van der Waals surface area contributed by atoms with Crippen molar-refractivity contribution in [3.8, 4) is 5.88 Å². The highest BCUT2D eigenvalue weighted by Gasteiger charge is 2.31. The number of likely N-dealkylation sites (tertiary alicyclic amines) is 1. The van der Waals surface area contributed by atoms with E-state index in [1.807, 2.05) is 32.9 Å². The Morgan fingerprint density at radius 1 is 1.36 bits per heavy atom. The Kier molecular flexibility index (Phi) is 4.90. The van der Waals surface area contributed by atoms with Gasteiger partial charge in [0.2, 0.25) is 5.88 Å². The molecule has 1 aliphatic rings. The Bertz CT molecular complexity index is 510. The lowest BCUT2D eigenvalue weighted by Crippen LogP contribution is -2.50. The fourth-order valence-electron chi connectivity index (χ4n) is 2.61. The third-order valence-electron chi connectivity index (χ3n) is 3.57. The number of carbonyl (C=O) groups excluding carboxylic acids is 1. The number of methoxy groups -OCH3 is 1. The highest BCUT2D eigenvalue weighted by Crippen LogP contribution is 2.27. The zero-order chi connectivity index (χ0) is 16.3. The molecule has 6 heteroatoms. The summed E-state index contributed by atoms with van der Waals surface area (Å²) in [6.45, 7) is 6.70. The molecule has 6 nitrogen and oxygen atoms in total. The van der Waals surface area contributed by atoms with Crippen LogP contribution in [0.5, 0.6) is 5.88 Å². The maximum absolute atomic E-state index is 12.2. The largest absolute Gasteiger partial charge is 0.481 e. The molecule has 0 saturated carbocycles. The average molecular weight is 307 g/mol. The van der Waals surface area contributed by atoms with Gasteiger partial charge in [-0.25, -0.2) is 9.78 Å². The molecule has 1 fully saturated rings. The van der Waals surface area contributed by atoms with Crippen molar-refractivity contribution in [3.05, 3.63) is 23.9 Å². The summed E-state index contributed by atoms with van der Waals surface area (Å²) in [5.74, 6) is 0.738. The van der Waals surface area contributed by atoms with E-state index in [4.69, 9.17) is 15.2 Å². The third-order valence-corrected chi connectivity index (χ3v) is 3.57. The van der Waals surface area contributed by atoms with Gasteiger partial charge >= 0.3 is 6.09 Å². The second-order valence-corrected chi connectivity index (χ2v) is 6.71. The Hall–Kier alpha value is -1.82. The minimum atomic E-state index is -0.504. The lowest BCUT2D eigenvalue weighted by atomic mass is 9.89. The van der Waals surface area contributed by atoms with Crippen molar-refractivity contribution in [3.63, 3.8) is 0 Å². The number of piperidine rings is 1. The molecule has 1 amide bonds. The van der Waals surface area contributed by atoms with Gasteiger partial charge in [-0.05, 0) is 32.8 Å². The normalized spacial score (nSPS) is 22.3. The smallest absolute Gasteiger partial charge is 0.410 e. The van der Waals surface area contributed by atoms with Crippen molar-refractivity contribution in [1.29, 1.82) is 0 Å². The summed E-state index contributed by atoms with van der Waals surface area (Å²) >= 11 is 0. The number of carbonyl (C=O) groups is 1. The molecule has 1 unspecified atom stereocenters. The number of hydrogen-bond donors (Lipinski definition) is 1. The van der Waals surface area contributed by atoms with Gasteiger partial charge in [0, 0.05) is 37.3 Å². The maximum Gasteiger partial charge on any atom is 0.410 e. The fourth-order valence-corrected chi connectivity index (χ4v) is 2.61. The highest BCUT2D eigenvalue weighted by molar-refractivity contribution is 5.68. The van der Waals surface area contributed by atoms with Crippen LogP contribution < -0.4 is 10.5 Å². The molecule has 1 aromatic heterocycles. The first-order valence-corrected chi connectivity index (χ1v) is 7.52. The highest BCUT2D eigenvalue weighted by atomic mass is 16.6. The number of ether oxygens (including phenoxy) is 2. The van der Waals surface area contributed by atoms with Gasteiger partial charge in [-0.3, -0.25) is 0 Å². The summed E-state index contributed by atoms with van der Waals surface area (Å²) in [5, 5.41) is 0. The quantitative estimate of drug-likeness (QED) is 0.905. The second kappa shape index (κ2) is 6.52. The molecule has 2 N–H and O–H groups in total. The van der Waals surface area contributed by atoms with Crippen LogP contribution in [0.25, 0.3) is 0 Å². The second-order valence-electron chi connectivity index (χ2n) is 6.71. The van der Waals surface area contributed by atoms with E-state index < -0.39 is 5.60 Å². The van der Waals surface area contributed by atoms with E-state index >= 15 is 0 Å². The molecule has 0 aliphatic carbocycles. The minimum Gasteiger partial charge on any atom is -0.481 e. The lowest BCUT2D eigenvalue weighted by Gasteiger charge is -2.37. The standard InChI is InChI=1S/C16H25N3O3/c1-16(2,3)22-15(20)19-9-12(7-13(17)10-19)11-5-6-14(21-4)18-8-11/h5-6,8,12-13H,7,9-10,17H2,1-4H3/t12-,13?/m1/s1. The molecular formula is C16H25N3O3. The van der Waals surface area contributed by atoms with Gasteiger partial charge in [0.1, 0.15) is 5.60 Å². The third kappa shape index (κ3) is 4.34. The van der Waals surface area contributed by atoms with Gasteiger partial charge in [-0.2, -0.15) is 0 Å². The van der Waals surface area contributed by atoms with Crippen molar-refractivity contribution < 1.29 is 14.3 Å². The van der Waals surface area contributed by atoms with Crippen molar-refractivity contribution in [1.82, 2.24) is 9.88 Å². The van der Waals surface area contributed by atoms with Gasteiger partial charge in [-0.15, -0.1) is 0 Å². The Morgan fingerprint density at radius 2 is 2.09 bits per heavy atom. The molecule has 0 radical (unpaired) electrons. The molecule has 1 aliphatic heterocycles. The molecule has 2 rings (SSSR count). The molecule has 0 spiro atoms. The number of aromatic nitrogens is 1. The van der Waals surface area contributed by atoms with E-state index in [1.165, 1.54) is 0 Å². The summed E-state index contributed by atoms with van der Waals surface area (Å²) in [6, 6.07) is 3.74. The SMILES string of the molecule is COc1ccc([C@@H]2CC(N)CN(C(=O)OC(C)(C)C)C2)cn1. The van der Waals surface area contributed by atoms with E-state index in [1.54, 1.807) is 18.2 Å².